The van der Waals surface area contributed by atoms with Crippen molar-refractivity contribution in [2.24, 2.45) is 5.84 Å². The van der Waals surface area contributed by atoms with Gasteiger partial charge < -0.3 is 9.47 Å². The van der Waals surface area contributed by atoms with Gasteiger partial charge in [-0.2, -0.15) is 0 Å². The Morgan fingerprint density at radius 2 is 1.95 bits per heavy atom. The molecule has 0 fully saturated rings. The summed E-state index contributed by atoms with van der Waals surface area (Å²) in [5.41, 5.74) is 5.83. The van der Waals surface area contributed by atoms with Crippen LogP contribution in [0.25, 0.3) is 0 Å². The van der Waals surface area contributed by atoms with Crippen LogP contribution in [0.5, 0.6) is 11.5 Å². The second-order valence-electron chi connectivity index (χ2n) is 4.54. The maximum Gasteiger partial charge on any atom is 0.141 e. The summed E-state index contributed by atoms with van der Waals surface area (Å²) in [7, 11) is 3.23. The van der Waals surface area contributed by atoms with E-state index < -0.39 is 0 Å². The Balaban J connectivity index is 2.58. The zero-order chi connectivity index (χ0) is 15.4. The molecule has 0 aliphatic heterocycles. The number of hydrazine groups is 1. The van der Waals surface area contributed by atoms with Crippen LogP contribution in [0, 0.1) is 6.92 Å². The normalized spacial score (nSPS) is 12.0. The molecule has 1 aromatic carbocycles. The van der Waals surface area contributed by atoms with E-state index in [4.69, 9.17) is 15.3 Å². The Labute approximate surface area is 132 Å². The van der Waals surface area contributed by atoms with Gasteiger partial charge in [0.2, 0.25) is 0 Å². The Morgan fingerprint density at radius 3 is 2.52 bits per heavy atom. The minimum atomic E-state index is -0.226. The standard InChI is InChI=1S/C15H18BrN3O2/c1-9-6-7-18-8-11(9)14(19-17)10-4-5-12(20-2)13(16)15(10)21-3/h4-8,14,19H,17H2,1-3H3. The van der Waals surface area contributed by atoms with Crippen LogP contribution < -0.4 is 20.7 Å². The topological polar surface area (TPSA) is 69.4 Å². The van der Waals surface area contributed by atoms with E-state index >= 15 is 0 Å². The molecule has 0 saturated carbocycles. The van der Waals surface area contributed by atoms with Crippen molar-refractivity contribution in [3.05, 3.63) is 51.8 Å². The molecule has 5 nitrogen and oxygen atoms in total. The van der Waals surface area contributed by atoms with E-state index in [9.17, 15) is 0 Å². The number of rotatable bonds is 5. The molecule has 2 rings (SSSR count). The Bertz CT molecular complexity index is 634. The molecule has 1 atom stereocenters. The number of ether oxygens (including phenoxy) is 2. The molecule has 1 aromatic heterocycles. The van der Waals surface area contributed by atoms with Crippen molar-refractivity contribution >= 4 is 15.9 Å². The monoisotopic (exact) mass is 351 g/mol. The number of halogens is 1. The molecule has 112 valence electrons. The fourth-order valence-electron chi connectivity index (χ4n) is 2.27. The summed E-state index contributed by atoms with van der Waals surface area (Å²) in [5.74, 6) is 7.15. The van der Waals surface area contributed by atoms with Gasteiger partial charge in [0.1, 0.15) is 16.0 Å². The predicted octanol–water partition coefficient (Wildman–Crippen LogP) is 2.72. The van der Waals surface area contributed by atoms with Gasteiger partial charge in [0.05, 0.1) is 20.3 Å². The molecule has 0 radical (unpaired) electrons. The van der Waals surface area contributed by atoms with Crippen molar-refractivity contribution in [2.45, 2.75) is 13.0 Å². The van der Waals surface area contributed by atoms with E-state index in [-0.39, 0.29) is 6.04 Å². The van der Waals surface area contributed by atoms with Crippen LogP contribution >= 0.6 is 15.9 Å². The highest BCUT2D eigenvalue weighted by atomic mass is 79.9. The van der Waals surface area contributed by atoms with E-state index in [0.717, 1.165) is 21.2 Å². The van der Waals surface area contributed by atoms with Crippen LogP contribution in [0.3, 0.4) is 0 Å². The number of nitrogens with zero attached hydrogens (tertiary/aromatic N) is 1. The van der Waals surface area contributed by atoms with Crippen molar-refractivity contribution in [2.75, 3.05) is 14.2 Å². The van der Waals surface area contributed by atoms with Crippen LogP contribution in [0.2, 0.25) is 0 Å². The fourth-order valence-corrected chi connectivity index (χ4v) is 2.96. The Hall–Kier alpha value is -1.63. The Morgan fingerprint density at radius 1 is 1.19 bits per heavy atom. The number of nitrogens with two attached hydrogens (primary N) is 1. The number of aromatic nitrogens is 1. The van der Waals surface area contributed by atoms with Crippen LogP contribution in [0.15, 0.2) is 35.1 Å². The minimum Gasteiger partial charge on any atom is -0.495 e. The second-order valence-corrected chi connectivity index (χ2v) is 5.33. The van der Waals surface area contributed by atoms with Crippen molar-refractivity contribution in [3.8, 4) is 11.5 Å². The van der Waals surface area contributed by atoms with E-state index in [0.29, 0.717) is 11.5 Å². The second kappa shape index (κ2) is 6.89. The molecule has 0 amide bonds. The number of benzene rings is 1. The number of nitrogens with one attached hydrogen (secondary N) is 1. The third-order valence-corrected chi connectivity index (χ3v) is 4.14. The summed E-state index contributed by atoms with van der Waals surface area (Å²) in [6, 6.07) is 5.53. The van der Waals surface area contributed by atoms with Crippen LogP contribution in [-0.4, -0.2) is 19.2 Å². The van der Waals surface area contributed by atoms with Gasteiger partial charge >= 0.3 is 0 Å². The third-order valence-electron chi connectivity index (χ3n) is 3.38. The number of methoxy groups -OCH3 is 2. The van der Waals surface area contributed by atoms with Gasteiger partial charge in [-0.05, 0) is 52.2 Å². The highest BCUT2D eigenvalue weighted by molar-refractivity contribution is 9.10. The number of hydrogen-bond acceptors (Lipinski definition) is 5. The molecule has 0 aliphatic rings. The maximum absolute atomic E-state index is 5.77. The molecular weight excluding hydrogens is 334 g/mol. The minimum absolute atomic E-state index is 0.226. The molecule has 6 heteroatoms. The fraction of sp³-hybridized carbons (Fsp3) is 0.267. The number of hydrogen-bond donors (Lipinski definition) is 2. The van der Waals surface area contributed by atoms with Gasteiger partial charge in [0, 0.05) is 18.0 Å². The molecule has 2 aromatic rings. The molecule has 1 heterocycles. The lowest BCUT2D eigenvalue weighted by Crippen LogP contribution is -2.30. The first kappa shape index (κ1) is 15.8. The number of aryl methyl sites for hydroxylation is 1. The van der Waals surface area contributed by atoms with Gasteiger partial charge in [-0.1, -0.05) is 0 Å². The average Bonchev–Trinajstić information content (AvgIpc) is 2.50. The van der Waals surface area contributed by atoms with E-state index in [1.807, 2.05) is 25.1 Å². The van der Waals surface area contributed by atoms with Gasteiger partial charge in [-0.15, -0.1) is 0 Å². The summed E-state index contributed by atoms with van der Waals surface area (Å²) >= 11 is 3.51. The van der Waals surface area contributed by atoms with Crippen molar-refractivity contribution in [1.82, 2.24) is 10.4 Å². The molecular formula is C15H18BrN3O2. The first-order chi connectivity index (χ1) is 10.1. The van der Waals surface area contributed by atoms with Crippen LogP contribution in [0.4, 0.5) is 0 Å². The molecule has 0 bridgehead atoms. The highest BCUT2D eigenvalue weighted by Gasteiger charge is 2.22. The number of pyridine rings is 1. The Kier molecular flexibility index (Phi) is 5.17. The molecule has 1 unspecified atom stereocenters. The summed E-state index contributed by atoms with van der Waals surface area (Å²) < 4.78 is 11.6. The van der Waals surface area contributed by atoms with Gasteiger partial charge in [-0.3, -0.25) is 10.8 Å². The zero-order valence-corrected chi connectivity index (χ0v) is 13.8. The highest BCUT2D eigenvalue weighted by Crippen LogP contribution is 2.41. The van der Waals surface area contributed by atoms with Gasteiger partial charge in [-0.25, -0.2) is 5.43 Å². The third kappa shape index (κ3) is 3.02. The lowest BCUT2D eigenvalue weighted by Gasteiger charge is -2.22. The summed E-state index contributed by atoms with van der Waals surface area (Å²) in [6.07, 6.45) is 3.56. The van der Waals surface area contributed by atoms with E-state index in [1.165, 1.54) is 0 Å². The molecule has 0 spiro atoms. The molecule has 0 saturated heterocycles. The largest absolute Gasteiger partial charge is 0.495 e. The van der Waals surface area contributed by atoms with Gasteiger partial charge in [0.15, 0.2) is 0 Å². The smallest absolute Gasteiger partial charge is 0.141 e. The lowest BCUT2D eigenvalue weighted by molar-refractivity contribution is 0.382. The van der Waals surface area contributed by atoms with Gasteiger partial charge in [0.25, 0.3) is 0 Å². The molecule has 0 aliphatic carbocycles. The van der Waals surface area contributed by atoms with E-state index in [2.05, 4.69) is 26.3 Å². The summed E-state index contributed by atoms with van der Waals surface area (Å²) in [4.78, 5) is 4.18. The predicted molar refractivity (Wildman–Crippen MR) is 85.4 cm³/mol. The van der Waals surface area contributed by atoms with Crippen molar-refractivity contribution in [3.63, 3.8) is 0 Å². The first-order valence-corrected chi connectivity index (χ1v) is 7.20. The van der Waals surface area contributed by atoms with Crippen LogP contribution in [0.1, 0.15) is 22.7 Å². The quantitative estimate of drug-likeness (QED) is 0.640. The maximum atomic E-state index is 5.77. The summed E-state index contributed by atoms with van der Waals surface area (Å²) in [6.45, 7) is 2.02. The van der Waals surface area contributed by atoms with Crippen molar-refractivity contribution in [1.29, 1.82) is 0 Å². The SMILES string of the molecule is COc1ccc(C(NN)c2cnccc2C)c(OC)c1Br. The zero-order valence-electron chi connectivity index (χ0n) is 12.2. The first-order valence-electron chi connectivity index (χ1n) is 6.41. The molecule has 21 heavy (non-hydrogen) atoms. The average molecular weight is 352 g/mol. The summed E-state index contributed by atoms with van der Waals surface area (Å²) in [5, 5.41) is 0. The van der Waals surface area contributed by atoms with E-state index in [1.54, 1.807) is 26.6 Å². The molecule has 3 N–H and O–H groups in total. The van der Waals surface area contributed by atoms with Crippen LogP contribution in [-0.2, 0) is 0 Å². The lowest BCUT2D eigenvalue weighted by atomic mass is 9.96. The van der Waals surface area contributed by atoms with Crippen molar-refractivity contribution < 1.29 is 9.47 Å².